The SMILES string of the molecule is O=c1c(=Cc2cn(-c3ccccc3)nc2-c2ccncc2)sc2nc3ccccc3n12. The lowest BCUT2D eigenvalue weighted by Gasteiger charge is -2.00. The molecule has 0 bridgehead atoms. The Bertz CT molecular complexity index is 1650. The smallest absolute Gasteiger partial charge is 0.267 e. The highest BCUT2D eigenvalue weighted by atomic mass is 32.1. The molecule has 0 atom stereocenters. The Hall–Kier alpha value is -4.10. The largest absolute Gasteiger partial charge is 0.274 e. The van der Waals surface area contributed by atoms with Gasteiger partial charge in [0.15, 0.2) is 4.96 Å². The standard InChI is InChI=1S/C24H15N5OS/c30-23-21(31-24-26-19-8-4-5-9-20(19)29(23)24)14-17-15-28(18-6-2-1-3-7-18)27-22(17)16-10-12-25-13-11-16/h1-15H. The Morgan fingerprint density at radius 1 is 0.903 bits per heavy atom. The summed E-state index contributed by atoms with van der Waals surface area (Å²) in [4.78, 5) is 22.6. The molecule has 0 N–H and O–H groups in total. The molecule has 0 radical (unpaired) electrons. The van der Waals surface area contributed by atoms with E-state index in [9.17, 15) is 4.79 Å². The number of imidazole rings is 1. The number of para-hydroxylation sites is 3. The lowest BCUT2D eigenvalue weighted by Crippen LogP contribution is -2.22. The Morgan fingerprint density at radius 2 is 1.68 bits per heavy atom. The Balaban J connectivity index is 1.59. The summed E-state index contributed by atoms with van der Waals surface area (Å²) in [5, 5.41) is 4.81. The molecule has 6 nitrogen and oxygen atoms in total. The number of aromatic nitrogens is 5. The molecular weight excluding hydrogens is 406 g/mol. The van der Waals surface area contributed by atoms with Crippen LogP contribution in [0.5, 0.6) is 0 Å². The minimum Gasteiger partial charge on any atom is -0.267 e. The molecule has 0 amide bonds. The summed E-state index contributed by atoms with van der Waals surface area (Å²) in [6.45, 7) is 0. The fourth-order valence-electron chi connectivity index (χ4n) is 3.69. The van der Waals surface area contributed by atoms with Gasteiger partial charge < -0.3 is 0 Å². The van der Waals surface area contributed by atoms with E-state index in [4.69, 9.17) is 5.10 Å². The molecule has 31 heavy (non-hydrogen) atoms. The van der Waals surface area contributed by atoms with Crippen molar-refractivity contribution in [2.24, 2.45) is 0 Å². The van der Waals surface area contributed by atoms with Gasteiger partial charge in [0.2, 0.25) is 0 Å². The van der Waals surface area contributed by atoms with Gasteiger partial charge in [-0.3, -0.25) is 9.78 Å². The van der Waals surface area contributed by atoms with E-state index in [-0.39, 0.29) is 5.56 Å². The van der Waals surface area contributed by atoms with Crippen molar-refractivity contribution in [3.8, 4) is 16.9 Å². The second-order valence-electron chi connectivity index (χ2n) is 7.08. The van der Waals surface area contributed by atoms with E-state index in [1.165, 1.54) is 11.3 Å². The van der Waals surface area contributed by atoms with Crippen molar-refractivity contribution in [2.75, 3.05) is 0 Å². The highest BCUT2D eigenvalue weighted by Crippen LogP contribution is 2.24. The molecule has 0 saturated carbocycles. The lowest BCUT2D eigenvalue weighted by molar-refractivity contribution is 0.884. The van der Waals surface area contributed by atoms with Crippen molar-refractivity contribution in [1.82, 2.24) is 24.1 Å². The van der Waals surface area contributed by atoms with E-state index < -0.39 is 0 Å². The highest BCUT2D eigenvalue weighted by Gasteiger charge is 2.14. The van der Waals surface area contributed by atoms with Crippen LogP contribution < -0.4 is 10.1 Å². The number of hydrogen-bond acceptors (Lipinski definition) is 5. The Kier molecular flexibility index (Phi) is 4.00. The van der Waals surface area contributed by atoms with Crippen LogP contribution in [0.3, 0.4) is 0 Å². The maximum absolute atomic E-state index is 13.2. The summed E-state index contributed by atoms with van der Waals surface area (Å²) in [5.74, 6) is 0. The number of fused-ring (bicyclic) bond motifs is 3. The number of hydrogen-bond donors (Lipinski definition) is 0. The fraction of sp³-hybridized carbons (Fsp3) is 0. The van der Waals surface area contributed by atoms with Crippen molar-refractivity contribution < 1.29 is 0 Å². The van der Waals surface area contributed by atoms with Gasteiger partial charge >= 0.3 is 0 Å². The Morgan fingerprint density at radius 3 is 2.52 bits per heavy atom. The molecule has 0 fully saturated rings. The van der Waals surface area contributed by atoms with Crippen LogP contribution in [-0.2, 0) is 0 Å². The third-order valence-corrected chi connectivity index (χ3v) is 6.12. The molecule has 0 aliphatic carbocycles. The fourth-order valence-corrected chi connectivity index (χ4v) is 4.67. The van der Waals surface area contributed by atoms with Gasteiger partial charge in [0.05, 0.1) is 21.3 Å². The predicted octanol–water partition coefficient (Wildman–Crippen LogP) is 3.70. The van der Waals surface area contributed by atoms with E-state index in [1.807, 2.05) is 83.7 Å². The van der Waals surface area contributed by atoms with Crippen LogP contribution in [-0.4, -0.2) is 24.1 Å². The van der Waals surface area contributed by atoms with Crippen molar-refractivity contribution in [1.29, 1.82) is 0 Å². The third kappa shape index (κ3) is 2.94. The molecule has 4 aromatic heterocycles. The minimum absolute atomic E-state index is 0.0677. The molecule has 7 heteroatoms. The molecule has 0 saturated heterocycles. The summed E-state index contributed by atoms with van der Waals surface area (Å²) >= 11 is 1.39. The molecule has 148 valence electrons. The molecular formula is C24H15N5OS. The first-order valence-corrected chi connectivity index (χ1v) is 10.6. The minimum atomic E-state index is -0.0677. The average Bonchev–Trinajstić information content (AvgIpc) is 3.48. The summed E-state index contributed by atoms with van der Waals surface area (Å²) in [6, 6.07) is 21.4. The molecule has 0 spiro atoms. The third-order valence-electron chi connectivity index (χ3n) is 5.15. The number of benzene rings is 2. The number of pyridine rings is 1. The van der Waals surface area contributed by atoms with Gasteiger partial charge in [0.1, 0.15) is 5.69 Å². The van der Waals surface area contributed by atoms with Gasteiger partial charge in [-0.1, -0.05) is 41.7 Å². The summed E-state index contributed by atoms with van der Waals surface area (Å²) in [6.07, 6.45) is 7.33. The average molecular weight is 421 g/mol. The summed E-state index contributed by atoms with van der Waals surface area (Å²) < 4.78 is 4.14. The van der Waals surface area contributed by atoms with Gasteiger partial charge in [-0.05, 0) is 42.5 Å². The Labute approximate surface area is 180 Å². The predicted molar refractivity (Wildman–Crippen MR) is 122 cm³/mol. The topological polar surface area (TPSA) is 65.1 Å². The zero-order valence-corrected chi connectivity index (χ0v) is 17.0. The van der Waals surface area contributed by atoms with Gasteiger partial charge in [0, 0.05) is 29.7 Å². The van der Waals surface area contributed by atoms with Crippen LogP contribution >= 0.6 is 11.3 Å². The van der Waals surface area contributed by atoms with E-state index in [0.717, 1.165) is 33.5 Å². The normalized spacial score (nSPS) is 12.2. The summed E-state index contributed by atoms with van der Waals surface area (Å²) in [5.41, 5.74) is 5.13. The van der Waals surface area contributed by atoms with Crippen molar-refractivity contribution in [2.45, 2.75) is 0 Å². The molecule has 0 aliphatic rings. The van der Waals surface area contributed by atoms with Crippen molar-refractivity contribution in [3.63, 3.8) is 0 Å². The van der Waals surface area contributed by atoms with Crippen LogP contribution in [0.2, 0.25) is 0 Å². The van der Waals surface area contributed by atoms with Crippen LogP contribution in [0, 0.1) is 0 Å². The highest BCUT2D eigenvalue weighted by molar-refractivity contribution is 7.15. The van der Waals surface area contributed by atoms with E-state index in [0.29, 0.717) is 9.49 Å². The zero-order chi connectivity index (χ0) is 20.8. The van der Waals surface area contributed by atoms with Gasteiger partial charge in [0.25, 0.3) is 5.56 Å². The van der Waals surface area contributed by atoms with Crippen LogP contribution in [0.25, 0.3) is 39.0 Å². The first kappa shape index (κ1) is 17.7. The first-order chi connectivity index (χ1) is 15.3. The van der Waals surface area contributed by atoms with Gasteiger partial charge in [-0.2, -0.15) is 5.10 Å². The second-order valence-corrected chi connectivity index (χ2v) is 8.09. The van der Waals surface area contributed by atoms with Crippen molar-refractivity contribution >= 4 is 33.4 Å². The van der Waals surface area contributed by atoms with Crippen LogP contribution in [0.4, 0.5) is 0 Å². The zero-order valence-electron chi connectivity index (χ0n) is 16.2. The van der Waals surface area contributed by atoms with Crippen LogP contribution in [0.15, 0.2) is 90.1 Å². The molecule has 0 unspecified atom stereocenters. The molecule has 4 heterocycles. The maximum Gasteiger partial charge on any atom is 0.274 e. The second kappa shape index (κ2) is 7.00. The van der Waals surface area contributed by atoms with E-state index in [2.05, 4.69) is 9.97 Å². The molecule has 6 rings (SSSR count). The van der Waals surface area contributed by atoms with Crippen molar-refractivity contribution in [3.05, 3.63) is 106 Å². The maximum atomic E-state index is 13.2. The van der Waals surface area contributed by atoms with Gasteiger partial charge in [-0.15, -0.1) is 0 Å². The first-order valence-electron chi connectivity index (χ1n) is 9.75. The van der Waals surface area contributed by atoms with E-state index >= 15 is 0 Å². The monoisotopic (exact) mass is 421 g/mol. The van der Waals surface area contributed by atoms with Crippen LogP contribution in [0.1, 0.15) is 5.56 Å². The lowest BCUT2D eigenvalue weighted by atomic mass is 10.1. The number of thiazole rings is 1. The quantitative estimate of drug-likeness (QED) is 0.437. The number of nitrogens with zero attached hydrogens (tertiary/aromatic N) is 5. The molecule has 6 aromatic rings. The van der Waals surface area contributed by atoms with E-state index in [1.54, 1.807) is 16.8 Å². The van der Waals surface area contributed by atoms with Gasteiger partial charge in [-0.25, -0.2) is 14.1 Å². The molecule has 0 aliphatic heterocycles. The summed E-state index contributed by atoms with van der Waals surface area (Å²) in [7, 11) is 0. The molecule has 2 aromatic carbocycles. The number of rotatable bonds is 3.